The second kappa shape index (κ2) is 3.24. The summed E-state index contributed by atoms with van der Waals surface area (Å²) in [7, 11) is 3.54. The SMILES string of the molecule is Cn1c(=O)n(C)c2cc(Br)c(Br)cc21. The van der Waals surface area contributed by atoms with Crippen LogP contribution in [0.1, 0.15) is 0 Å². The van der Waals surface area contributed by atoms with Gasteiger partial charge in [0, 0.05) is 23.0 Å². The molecule has 0 aliphatic carbocycles. The van der Waals surface area contributed by atoms with Gasteiger partial charge in [0.25, 0.3) is 0 Å². The number of nitrogens with zero attached hydrogens (tertiary/aromatic N) is 2. The van der Waals surface area contributed by atoms with Crippen molar-refractivity contribution in [3.63, 3.8) is 0 Å². The molecule has 0 saturated heterocycles. The number of imidazole rings is 1. The summed E-state index contributed by atoms with van der Waals surface area (Å²) in [6.45, 7) is 0. The maximum absolute atomic E-state index is 11.6. The fraction of sp³-hybridized carbons (Fsp3) is 0.222. The van der Waals surface area contributed by atoms with Gasteiger partial charge in [0.15, 0.2) is 0 Å². The van der Waals surface area contributed by atoms with Gasteiger partial charge >= 0.3 is 5.69 Å². The van der Waals surface area contributed by atoms with E-state index in [1.807, 2.05) is 12.1 Å². The van der Waals surface area contributed by atoms with Crippen LogP contribution in [0.3, 0.4) is 0 Å². The number of benzene rings is 1. The summed E-state index contributed by atoms with van der Waals surface area (Å²) >= 11 is 6.83. The van der Waals surface area contributed by atoms with Crippen LogP contribution in [-0.4, -0.2) is 9.13 Å². The van der Waals surface area contributed by atoms with Crippen molar-refractivity contribution in [1.29, 1.82) is 0 Å². The Bertz CT molecular complexity index is 520. The third-order valence-electron chi connectivity index (χ3n) is 2.31. The van der Waals surface area contributed by atoms with E-state index in [0.717, 1.165) is 20.0 Å². The highest BCUT2D eigenvalue weighted by Crippen LogP contribution is 2.27. The van der Waals surface area contributed by atoms with E-state index in [2.05, 4.69) is 31.9 Å². The van der Waals surface area contributed by atoms with Gasteiger partial charge in [-0.15, -0.1) is 0 Å². The van der Waals surface area contributed by atoms with E-state index >= 15 is 0 Å². The molecule has 0 aliphatic rings. The molecular weight excluding hydrogens is 312 g/mol. The van der Waals surface area contributed by atoms with E-state index in [4.69, 9.17) is 0 Å². The molecule has 14 heavy (non-hydrogen) atoms. The van der Waals surface area contributed by atoms with Crippen molar-refractivity contribution in [2.24, 2.45) is 14.1 Å². The smallest absolute Gasteiger partial charge is 0.295 e. The van der Waals surface area contributed by atoms with Gasteiger partial charge in [0.2, 0.25) is 0 Å². The lowest BCUT2D eigenvalue weighted by Gasteiger charge is -1.98. The highest BCUT2D eigenvalue weighted by Gasteiger charge is 2.09. The Hall–Kier alpha value is -0.550. The van der Waals surface area contributed by atoms with Crippen LogP contribution >= 0.6 is 31.9 Å². The second-order valence-corrected chi connectivity index (χ2v) is 4.86. The average molecular weight is 320 g/mol. The third kappa shape index (κ3) is 1.26. The Morgan fingerprint density at radius 1 is 1.00 bits per heavy atom. The molecule has 0 spiro atoms. The molecule has 0 radical (unpaired) electrons. The van der Waals surface area contributed by atoms with E-state index in [9.17, 15) is 4.79 Å². The number of hydrogen-bond donors (Lipinski definition) is 0. The number of fused-ring (bicyclic) bond motifs is 1. The Labute approximate surface area is 97.6 Å². The van der Waals surface area contributed by atoms with E-state index < -0.39 is 0 Å². The molecule has 1 aromatic carbocycles. The Kier molecular flexibility index (Phi) is 2.31. The normalized spacial score (nSPS) is 11.1. The summed E-state index contributed by atoms with van der Waals surface area (Å²) in [5.41, 5.74) is 1.84. The zero-order valence-corrected chi connectivity index (χ0v) is 10.9. The van der Waals surface area contributed by atoms with Crippen molar-refractivity contribution >= 4 is 42.9 Å². The molecule has 0 N–H and O–H groups in total. The number of aryl methyl sites for hydroxylation is 2. The van der Waals surface area contributed by atoms with Crippen LogP contribution in [0.25, 0.3) is 11.0 Å². The predicted molar refractivity (Wildman–Crippen MR) is 63.6 cm³/mol. The standard InChI is InChI=1S/C9H8Br2N2O/c1-12-7-3-5(10)6(11)4-8(7)13(2)9(12)14/h3-4H,1-2H3. The van der Waals surface area contributed by atoms with Crippen molar-refractivity contribution in [1.82, 2.24) is 9.13 Å². The first-order valence-electron chi connectivity index (χ1n) is 4.03. The number of halogens is 2. The molecular formula is C9H8Br2N2O. The summed E-state index contributed by atoms with van der Waals surface area (Å²) in [5, 5.41) is 0. The minimum atomic E-state index is -0.00926. The fourth-order valence-electron chi connectivity index (χ4n) is 1.49. The van der Waals surface area contributed by atoms with Gasteiger partial charge in [-0.3, -0.25) is 9.13 Å². The summed E-state index contributed by atoms with van der Waals surface area (Å²) < 4.78 is 5.16. The molecule has 0 aliphatic heterocycles. The first kappa shape index (κ1) is 9.98. The lowest BCUT2D eigenvalue weighted by molar-refractivity contribution is 0.795. The molecule has 2 rings (SSSR count). The number of aromatic nitrogens is 2. The molecule has 0 unspecified atom stereocenters. The molecule has 2 aromatic rings. The molecule has 0 amide bonds. The maximum Gasteiger partial charge on any atom is 0.328 e. The zero-order chi connectivity index (χ0) is 10.5. The Morgan fingerprint density at radius 3 is 1.71 bits per heavy atom. The highest BCUT2D eigenvalue weighted by atomic mass is 79.9. The van der Waals surface area contributed by atoms with Crippen LogP contribution < -0.4 is 5.69 Å². The van der Waals surface area contributed by atoms with Gasteiger partial charge in [0.05, 0.1) is 11.0 Å². The zero-order valence-electron chi connectivity index (χ0n) is 7.71. The molecule has 0 bridgehead atoms. The second-order valence-electron chi connectivity index (χ2n) is 3.16. The quantitative estimate of drug-likeness (QED) is 0.732. The maximum atomic E-state index is 11.6. The first-order chi connectivity index (χ1) is 6.52. The van der Waals surface area contributed by atoms with Gasteiger partial charge in [-0.1, -0.05) is 0 Å². The minimum Gasteiger partial charge on any atom is -0.295 e. The van der Waals surface area contributed by atoms with Gasteiger partial charge in [-0.05, 0) is 44.0 Å². The molecule has 3 nitrogen and oxygen atoms in total. The molecule has 1 heterocycles. The molecule has 0 atom stereocenters. The molecule has 74 valence electrons. The molecule has 5 heteroatoms. The Morgan fingerprint density at radius 2 is 1.36 bits per heavy atom. The van der Waals surface area contributed by atoms with Crippen LogP contribution in [0.2, 0.25) is 0 Å². The van der Waals surface area contributed by atoms with Crippen molar-refractivity contribution in [3.05, 3.63) is 31.6 Å². The van der Waals surface area contributed by atoms with Crippen molar-refractivity contribution < 1.29 is 0 Å². The van der Waals surface area contributed by atoms with Gasteiger partial charge in [-0.2, -0.15) is 0 Å². The van der Waals surface area contributed by atoms with Crippen LogP contribution in [0, 0.1) is 0 Å². The van der Waals surface area contributed by atoms with E-state index in [0.29, 0.717) is 0 Å². The van der Waals surface area contributed by atoms with Crippen molar-refractivity contribution in [2.75, 3.05) is 0 Å². The predicted octanol–water partition coefficient (Wildman–Crippen LogP) is 2.40. The average Bonchev–Trinajstić information content (AvgIpc) is 2.34. The van der Waals surface area contributed by atoms with Crippen LogP contribution in [0.4, 0.5) is 0 Å². The topological polar surface area (TPSA) is 26.9 Å². The van der Waals surface area contributed by atoms with Crippen molar-refractivity contribution in [2.45, 2.75) is 0 Å². The molecule has 1 aromatic heterocycles. The fourth-order valence-corrected chi connectivity index (χ4v) is 2.16. The van der Waals surface area contributed by atoms with Crippen molar-refractivity contribution in [3.8, 4) is 0 Å². The first-order valence-corrected chi connectivity index (χ1v) is 5.61. The van der Waals surface area contributed by atoms with E-state index in [-0.39, 0.29) is 5.69 Å². The summed E-state index contributed by atoms with van der Waals surface area (Å²) in [4.78, 5) is 11.6. The van der Waals surface area contributed by atoms with Gasteiger partial charge < -0.3 is 0 Å². The van der Waals surface area contributed by atoms with Crippen LogP contribution in [0.15, 0.2) is 25.9 Å². The minimum absolute atomic E-state index is 0.00926. The van der Waals surface area contributed by atoms with Gasteiger partial charge in [-0.25, -0.2) is 4.79 Å². The number of rotatable bonds is 0. The lowest BCUT2D eigenvalue weighted by atomic mass is 10.3. The summed E-state index contributed by atoms with van der Waals surface area (Å²) in [5.74, 6) is 0. The van der Waals surface area contributed by atoms with E-state index in [1.54, 1.807) is 23.2 Å². The monoisotopic (exact) mass is 318 g/mol. The number of hydrogen-bond acceptors (Lipinski definition) is 1. The summed E-state index contributed by atoms with van der Waals surface area (Å²) in [6, 6.07) is 3.86. The van der Waals surface area contributed by atoms with Gasteiger partial charge in [0.1, 0.15) is 0 Å². The highest BCUT2D eigenvalue weighted by molar-refractivity contribution is 9.13. The Balaban J connectivity index is 3.04. The molecule has 0 saturated carbocycles. The molecule has 0 fully saturated rings. The van der Waals surface area contributed by atoms with Crippen LogP contribution in [0.5, 0.6) is 0 Å². The summed E-state index contributed by atoms with van der Waals surface area (Å²) in [6.07, 6.45) is 0. The van der Waals surface area contributed by atoms with E-state index in [1.165, 1.54) is 0 Å². The lowest BCUT2D eigenvalue weighted by Crippen LogP contribution is -2.19. The van der Waals surface area contributed by atoms with Crippen LogP contribution in [-0.2, 0) is 14.1 Å². The largest absolute Gasteiger partial charge is 0.328 e. The third-order valence-corrected chi connectivity index (χ3v) is 4.16.